The Balaban J connectivity index is 2.35. The summed E-state index contributed by atoms with van der Waals surface area (Å²) in [6, 6.07) is 1.92. The summed E-state index contributed by atoms with van der Waals surface area (Å²) in [6.07, 6.45) is 3.32. The largest absolute Gasteiger partial charge is 0.366 e. The van der Waals surface area contributed by atoms with E-state index in [2.05, 4.69) is 34.2 Å². The van der Waals surface area contributed by atoms with Crippen LogP contribution in [0.3, 0.4) is 0 Å². The van der Waals surface area contributed by atoms with Crippen molar-refractivity contribution in [3.05, 3.63) is 24.3 Å². The number of nitrogens with one attached hydrogen (secondary N) is 1. The van der Waals surface area contributed by atoms with Gasteiger partial charge in [-0.15, -0.1) is 0 Å². The van der Waals surface area contributed by atoms with Crippen molar-refractivity contribution >= 4 is 17.2 Å². The van der Waals surface area contributed by atoms with Crippen LogP contribution in [0.2, 0.25) is 0 Å². The number of aromatic nitrogens is 2. The fourth-order valence-corrected chi connectivity index (χ4v) is 2.12. The van der Waals surface area contributed by atoms with E-state index in [9.17, 15) is 0 Å². The summed E-state index contributed by atoms with van der Waals surface area (Å²) in [5.41, 5.74) is 0.771. The quantitative estimate of drug-likeness (QED) is 0.703. The third-order valence-corrected chi connectivity index (χ3v) is 3.34. The van der Waals surface area contributed by atoms with Gasteiger partial charge in [0.05, 0.1) is 22.8 Å². The average Bonchev–Trinajstić information content (AvgIpc) is 2.25. The molecule has 1 aromatic rings. The Morgan fingerprint density at radius 1 is 1.60 bits per heavy atom. The van der Waals surface area contributed by atoms with E-state index in [1.807, 2.05) is 6.07 Å². The van der Waals surface area contributed by atoms with Crippen LogP contribution in [0.4, 0.5) is 0 Å². The zero-order valence-electron chi connectivity index (χ0n) is 8.90. The molecule has 1 aromatic heterocycles. The van der Waals surface area contributed by atoms with Gasteiger partial charge in [0.2, 0.25) is 0 Å². The molecule has 0 amide bonds. The third-order valence-electron chi connectivity index (χ3n) is 2.74. The highest BCUT2D eigenvalue weighted by Gasteiger charge is 2.37. The van der Waals surface area contributed by atoms with Gasteiger partial charge < -0.3 is 5.32 Å². The second-order valence-corrected chi connectivity index (χ2v) is 4.51. The highest BCUT2D eigenvalue weighted by atomic mass is 32.1. The molecule has 1 saturated heterocycles. The Bertz CT molecular complexity index is 367. The van der Waals surface area contributed by atoms with Crippen LogP contribution in [0.25, 0.3) is 0 Å². The van der Waals surface area contributed by atoms with Crippen LogP contribution < -0.4 is 5.32 Å². The predicted molar refractivity (Wildman–Crippen MR) is 62.6 cm³/mol. The summed E-state index contributed by atoms with van der Waals surface area (Å²) in [4.78, 5) is 11.3. The topological polar surface area (TPSA) is 41.0 Å². The summed E-state index contributed by atoms with van der Waals surface area (Å²) in [5.74, 6) is 0. The number of likely N-dealkylation sites (N-methyl/N-ethyl adjacent to an activating group) is 1. The minimum absolute atomic E-state index is 0.203. The highest BCUT2D eigenvalue weighted by Crippen LogP contribution is 2.25. The van der Waals surface area contributed by atoms with Crippen molar-refractivity contribution in [1.29, 1.82) is 0 Å². The molecule has 1 atom stereocenters. The van der Waals surface area contributed by atoms with Gasteiger partial charge >= 0.3 is 0 Å². The molecule has 5 heteroatoms. The van der Waals surface area contributed by atoms with Crippen molar-refractivity contribution in [3.63, 3.8) is 0 Å². The normalized spacial score (nSPS) is 27.5. The van der Waals surface area contributed by atoms with E-state index in [4.69, 9.17) is 12.2 Å². The van der Waals surface area contributed by atoms with Gasteiger partial charge in [-0.25, -0.2) is 9.97 Å². The Kier molecular flexibility index (Phi) is 2.67. The number of rotatable bonds is 1. The van der Waals surface area contributed by atoms with E-state index in [0.29, 0.717) is 0 Å². The van der Waals surface area contributed by atoms with Gasteiger partial charge in [-0.3, -0.25) is 4.90 Å². The fraction of sp³-hybridized carbons (Fsp3) is 0.500. The molecule has 1 N–H and O–H groups in total. The molecule has 15 heavy (non-hydrogen) atoms. The van der Waals surface area contributed by atoms with Crippen LogP contribution in [0.1, 0.15) is 12.6 Å². The summed E-state index contributed by atoms with van der Waals surface area (Å²) in [7, 11) is 2.06. The molecular weight excluding hydrogens is 208 g/mol. The second-order valence-electron chi connectivity index (χ2n) is 4.10. The van der Waals surface area contributed by atoms with Gasteiger partial charge in [0.1, 0.15) is 6.33 Å². The van der Waals surface area contributed by atoms with Gasteiger partial charge in [-0.1, -0.05) is 12.2 Å². The molecule has 0 bridgehead atoms. The van der Waals surface area contributed by atoms with Crippen LogP contribution in [-0.4, -0.2) is 40.1 Å². The monoisotopic (exact) mass is 222 g/mol. The minimum Gasteiger partial charge on any atom is -0.366 e. The van der Waals surface area contributed by atoms with Crippen LogP contribution in [-0.2, 0) is 5.41 Å². The molecule has 4 nitrogen and oxygen atoms in total. The van der Waals surface area contributed by atoms with Gasteiger partial charge in [-0.2, -0.15) is 0 Å². The molecule has 1 aliphatic rings. The lowest BCUT2D eigenvalue weighted by Crippen LogP contribution is -2.56. The maximum atomic E-state index is 5.38. The molecule has 0 saturated carbocycles. The zero-order valence-corrected chi connectivity index (χ0v) is 9.71. The Labute approximate surface area is 94.7 Å². The number of nitrogens with zero attached hydrogens (tertiary/aromatic N) is 3. The first-order valence-electron chi connectivity index (χ1n) is 4.86. The molecule has 2 heterocycles. The minimum atomic E-state index is -0.203. The molecule has 0 radical (unpaired) electrons. The van der Waals surface area contributed by atoms with Crippen molar-refractivity contribution in [3.8, 4) is 0 Å². The van der Waals surface area contributed by atoms with Crippen molar-refractivity contribution in [2.45, 2.75) is 12.3 Å². The van der Waals surface area contributed by atoms with E-state index in [0.717, 1.165) is 23.9 Å². The van der Waals surface area contributed by atoms with Crippen LogP contribution in [0.15, 0.2) is 18.6 Å². The second kappa shape index (κ2) is 3.83. The molecule has 1 aliphatic heterocycles. The summed E-state index contributed by atoms with van der Waals surface area (Å²) >= 11 is 5.38. The van der Waals surface area contributed by atoms with E-state index in [-0.39, 0.29) is 5.41 Å². The lowest BCUT2D eigenvalue weighted by atomic mass is 9.84. The zero-order chi connectivity index (χ0) is 10.9. The molecular formula is C10H14N4S. The first kappa shape index (κ1) is 10.4. The predicted octanol–water partition coefficient (Wildman–Crippen LogP) is 0.554. The maximum Gasteiger partial charge on any atom is 0.115 e. The van der Waals surface area contributed by atoms with Crippen molar-refractivity contribution < 1.29 is 0 Å². The first-order valence-corrected chi connectivity index (χ1v) is 5.27. The maximum absolute atomic E-state index is 5.38. The smallest absolute Gasteiger partial charge is 0.115 e. The van der Waals surface area contributed by atoms with E-state index in [1.54, 1.807) is 12.5 Å². The van der Waals surface area contributed by atoms with Crippen LogP contribution in [0, 0.1) is 0 Å². The van der Waals surface area contributed by atoms with Crippen LogP contribution in [0.5, 0.6) is 0 Å². The first-order chi connectivity index (χ1) is 7.13. The molecule has 1 unspecified atom stereocenters. The number of hydrogen-bond acceptors (Lipinski definition) is 4. The third kappa shape index (κ3) is 1.85. The Morgan fingerprint density at radius 3 is 3.07 bits per heavy atom. The summed E-state index contributed by atoms with van der Waals surface area (Å²) < 4.78 is 0. The van der Waals surface area contributed by atoms with Crippen molar-refractivity contribution in [2.24, 2.45) is 0 Å². The lowest BCUT2D eigenvalue weighted by molar-refractivity contribution is 0.258. The van der Waals surface area contributed by atoms with Crippen molar-refractivity contribution in [1.82, 2.24) is 20.2 Å². The Morgan fingerprint density at radius 2 is 2.40 bits per heavy atom. The van der Waals surface area contributed by atoms with E-state index in [1.165, 1.54) is 0 Å². The molecule has 0 aliphatic carbocycles. The Hall–Kier alpha value is -1.07. The molecule has 2 rings (SSSR count). The van der Waals surface area contributed by atoms with Gasteiger partial charge in [0.15, 0.2) is 0 Å². The number of thiocarbonyl (C=S) groups is 1. The molecule has 0 spiro atoms. The van der Waals surface area contributed by atoms with Crippen molar-refractivity contribution in [2.75, 3.05) is 20.3 Å². The fourth-order valence-electron chi connectivity index (χ4n) is 1.88. The summed E-state index contributed by atoms with van der Waals surface area (Å²) in [5, 5.41) is 3.22. The van der Waals surface area contributed by atoms with E-state index < -0.39 is 0 Å². The van der Waals surface area contributed by atoms with Crippen LogP contribution >= 0.6 is 12.2 Å². The van der Waals surface area contributed by atoms with Gasteiger partial charge in [0, 0.05) is 12.7 Å². The lowest BCUT2D eigenvalue weighted by Gasteiger charge is -2.39. The highest BCUT2D eigenvalue weighted by molar-refractivity contribution is 7.80. The van der Waals surface area contributed by atoms with Gasteiger partial charge in [0.25, 0.3) is 0 Å². The number of hydrogen-bond donors (Lipinski definition) is 1. The average molecular weight is 222 g/mol. The molecule has 80 valence electrons. The SMILES string of the molecule is CN1CNC(=S)C(C)(c2ccncn2)C1. The van der Waals surface area contributed by atoms with E-state index >= 15 is 0 Å². The molecule has 0 aromatic carbocycles. The standard InChI is InChI=1S/C10H14N4S/c1-10(8-3-4-11-6-12-8)5-14(2)7-13-9(10)15/h3-4,6H,5,7H2,1-2H3,(H,13,15). The summed E-state index contributed by atoms with van der Waals surface area (Å²) in [6.45, 7) is 3.80. The van der Waals surface area contributed by atoms with Gasteiger partial charge in [-0.05, 0) is 20.0 Å². The molecule has 1 fully saturated rings.